The quantitative estimate of drug-likeness (QED) is 0.202. The lowest BCUT2D eigenvalue weighted by atomic mass is 9.76. The van der Waals surface area contributed by atoms with E-state index in [0.29, 0.717) is 61.3 Å². The number of piperazine rings is 1. The smallest absolute Gasteiger partial charge is 0.294 e. The van der Waals surface area contributed by atoms with E-state index in [2.05, 4.69) is 24.0 Å². The molecule has 4 atom stereocenters. The number of fused-ring (bicyclic) bond motifs is 1. The minimum atomic E-state index is -0.411. The highest BCUT2D eigenvalue weighted by atomic mass is 35.5. The second kappa shape index (κ2) is 11.3. The van der Waals surface area contributed by atoms with Crippen molar-refractivity contribution >= 4 is 40.5 Å². The van der Waals surface area contributed by atoms with Crippen molar-refractivity contribution in [2.24, 2.45) is 17.8 Å². The van der Waals surface area contributed by atoms with E-state index in [9.17, 15) is 19.7 Å². The highest BCUT2D eigenvalue weighted by molar-refractivity contribution is 6.30. The lowest BCUT2D eigenvalue weighted by molar-refractivity contribution is -0.384. The average Bonchev–Trinajstić information content (AvgIpc) is 3.23. The summed E-state index contributed by atoms with van der Waals surface area (Å²) in [6.45, 7) is 4.70. The molecule has 0 aromatic heterocycles. The van der Waals surface area contributed by atoms with Crippen LogP contribution in [0.5, 0.6) is 0 Å². The first-order valence-corrected chi connectivity index (χ1v) is 14.6. The molecule has 0 spiro atoms. The summed E-state index contributed by atoms with van der Waals surface area (Å²) in [6.07, 6.45) is 2.30. The van der Waals surface area contributed by atoms with Crippen LogP contribution in [0.25, 0.3) is 0 Å². The number of carbonyl (C=O) groups excluding carboxylic acids is 2. The van der Waals surface area contributed by atoms with Crippen molar-refractivity contribution < 1.29 is 14.5 Å². The van der Waals surface area contributed by atoms with E-state index < -0.39 is 4.92 Å². The zero-order valence-electron chi connectivity index (χ0n) is 23.0. The fraction of sp³-hybridized carbons (Fsp3) is 0.375. The number of benzene rings is 3. The molecule has 0 unspecified atom stereocenters. The molecule has 0 radical (unpaired) electrons. The molecule has 3 fully saturated rings. The third-order valence-corrected chi connectivity index (χ3v) is 9.17. The molecule has 0 N–H and O–H groups in total. The zero-order valence-corrected chi connectivity index (χ0v) is 23.7. The Kier molecular flexibility index (Phi) is 7.53. The van der Waals surface area contributed by atoms with Gasteiger partial charge in [0.15, 0.2) is 0 Å². The minimum absolute atomic E-state index is 0.0337. The number of hydrogen-bond acceptors (Lipinski definition) is 6. The number of amides is 2. The summed E-state index contributed by atoms with van der Waals surface area (Å²) < 4.78 is 0. The number of hydrogen-bond donors (Lipinski definition) is 0. The molecule has 8 nitrogen and oxygen atoms in total. The van der Waals surface area contributed by atoms with Gasteiger partial charge in [0.1, 0.15) is 5.69 Å². The molecule has 2 amide bonds. The Hall–Kier alpha value is -3.75. The summed E-state index contributed by atoms with van der Waals surface area (Å²) in [4.78, 5) is 43.8. The molecule has 3 aliphatic rings. The van der Waals surface area contributed by atoms with E-state index in [0.717, 1.165) is 12.0 Å². The third kappa shape index (κ3) is 5.22. The van der Waals surface area contributed by atoms with Gasteiger partial charge in [-0.2, -0.15) is 0 Å². The van der Waals surface area contributed by atoms with Crippen LogP contribution >= 0.6 is 11.6 Å². The summed E-state index contributed by atoms with van der Waals surface area (Å²) in [5, 5.41) is 12.9. The van der Waals surface area contributed by atoms with Crippen molar-refractivity contribution in [3.8, 4) is 0 Å². The van der Waals surface area contributed by atoms with Crippen molar-refractivity contribution in [1.29, 1.82) is 0 Å². The van der Waals surface area contributed by atoms with Gasteiger partial charge in [-0.3, -0.25) is 24.6 Å². The first kappa shape index (κ1) is 27.4. The fourth-order valence-electron chi connectivity index (χ4n) is 6.82. The normalized spacial score (nSPS) is 23.9. The summed E-state index contributed by atoms with van der Waals surface area (Å²) in [6, 6.07) is 23.0. The predicted octanol–water partition coefficient (Wildman–Crippen LogP) is 6.09. The number of nitrogens with zero attached hydrogens (tertiary/aromatic N) is 4. The molecule has 3 aromatic rings. The molecule has 3 aromatic carbocycles. The van der Waals surface area contributed by atoms with E-state index >= 15 is 0 Å². The predicted molar refractivity (Wildman–Crippen MR) is 159 cm³/mol. The van der Waals surface area contributed by atoms with E-state index in [-0.39, 0.29) is 35.4 Å². The number of carbonyl (C=O) groups is 2. The molecule has 41 heavy (non-hydrogen) atoms. The monoisotopic (exact) mass is 572 g/mol. The van der Waals surface area contributed by atoms with E-state index in [4.69, 9.17) is 11.6 Å². The SMILES string of the molecule is C[C@@H]1CC[C@@H]2C(=O)N(c3ccc(N4CCN([C@H](c5ccccc5)c5ccc(Cl)cc5)CC4)c([N+](=O)[O-])c3)C(=O)[C@H]2C1. The van der Waals surface area contributed by atoms with Crippen LogP contribution in [-0.2, 0) is 9.59 Å². The maximum atomic E-state index is 13.2. The molecule has 9 heteroatoms. The van der Waals surface area contributed by atoms with Crippen LogP contribution in [0.2, 0.25) is 5.02 Å². The fourth-order valence-corrected chi connectivity index (χ4v) is 6.95. The van der Waals surface area contributed by atoms with Crippen LogP contribution in [0.1, 0.15) is 43.4 Å². The Morgan fingerprint density at radius 3 is 2.20 bits per heavy atom. The molecule has 1 saturated carbocycles. The summed E-state index contributed by atoms with van der Waals surface area (Å²) in [7, 11) is 0. The molecule has 2 heterocycles. The van der Waals surface area contributed by atoms with Gasteiger partial charge >= 0.3 is 0 Å². The van der Waals surface area contributed by atoms with E-state index in [1.807, 2.05) is 47.4 Å². The van der Waals surface area contributed by atoms with Gasteiger partial charge in [0.05, 0.1) is 28.5 Å². The molecule has 2 saturated heterocycles. The van der Waals surface area contributed by atoms with Gasteiger partial charge in [-0.25, -0.2) is 4.90 Å². The van der Waals surface area contributed by atoms with Crippen LogP contribution in [0.3, 0.4) is 0 Å². The second-order valence-corrected chi connectivity index (χ2v) is 11.9. The first-order chi connectivity index (χ1) is 19.8. The van der Waals surface area contributed by atoms with Crippen molar-refractivity contribution in [3.05, 3.63) is 99.1 Å². The van der Waals surface area contributed by atoms with Crippen LogP contribution in [0.15, 0.2) is 72.8 Å². The Labute approximate surface area is 244 Å². The third-order valence-electron chi connectivity index (χ3n) is 8.92. The Morgan fingerprint density at radius 1 is 0.854 bits per heavy atom. The number of nitro groups is 1. The van der Waals surface area contributed by atoms with Crippen LogP contribution in [0, 0.1) is 27.9 Å². The number of anilines is 2. The van der Waals surface area contributed by atoms with Crippen LogP contribution < -0.4 is 9.80 Å². The Balaban J connectivity index is 1.23. The number of imide groups is 1. The average molecular weight is 573 g/mol. The molecule has 2 aliphatic heterocycles. The molecule has 1 aliphatic carbocycles. The van der Waals surface area contributed by atoms with Gasteiger partial charge in [-0.05, 0) is 60.6 Å². The largest absolute Gasteiger partial charge is 0.363 e. The van der Waals surface area contributed by atoms with E-state index in [1.54, 1.807) is 12.1 Å². The standard InChI is InChI=1S/C32H33ClN4O4/c1-21-7-13-26-27(19-21)32(39)36(31(26)38)25-12-14-28(29(20-25)37(40)41)34-15-17-35(18-16-34)30(22-5-3-2-4-6-22)23-8-10-24(33)11-9-23/h2-6,8-12,14,20-21,26-27,30H,7,13,15-19H2,1H3/t21-,26+,27+,30-/m1/s1. The van der Waals surface area contributed by atoms with Crippen LogP contribution in [-0.4, -0.2) is 47.8 Å². The van der Waals surface area contributed by atoms with Crippen molar-refractivity contribution in [2.45, 2.75) is 32.2 Å². The van der Waals surface area contributed by atoms with Crippen LogP contribution in [0.4, 0.5) is 17.1 Å². The molecular formula is C32H33ClN4O4. The zero-order chi connectivity index (χ0) is 28.7. The van der Waals surface area contributed by atoms with Crippen molar-refractivity contribution in [3.63, 3.8) is 0 Å². The lowest BCUT2D eigenvalue weighted by Crippen LogP contribution is -2.48. The van der Waals surface area contributed by atoms with Gasteiger partial charge in [0, 0.05) is 37.3 Å². The molecular weight excluding hydrogens is 540 g/mol. The molecule has 6 rings (SSSR count). The number of nitro benzene ring substituents is 1. The maximum absolute atomic E-state index is 13.2. The number of rotatable bonds is 6. The highest BCUT2D eigenvalue weighted by Gasteiger charge is 2.50. The summed E-state index contributed by atoms with van der Waals surface area (Å²) in [5.41, 5.74) is 3.03. The van der Waals surface area contributed by atoms with E-state index in [1.165, 1.54) is 16.5 Å². The maximum Gasteiger partial charge on any atom is 0.294 e. The van der Waals surface area contributed by atoms with Gasteiger partial charge in [0.2, 0.25) is 11.8 Å². The first-order valence-electron chi connectivity index (χ1n) is 14.3. The van der Waals surface area contributed by atoms with Crippen molar-refractivity contribution in [1.82, 2.24) is 4.90 Å². The molecule has 212 valence electrons. The van der Waals surface area contributed by atoms with Gasteiger partial charge in [-0.1, -0.05) is 61.0 Å². The highest BCUT2D eigenvalue weighted by Crippen LogP contribution is 2.44. The van der Waals surface area contributed by atoms with Gasteiger partial charge in [0.25, 0.3) is 5.69 Å². The minimum Gasteiger partial charge on any atom is -0.363 e. The van der Waals surface area contributed by atoms with Crippen molar-refractivity contribution in [2.75, 3.05) is 36.0 Å². The lowest BCUT2D eigenvalue weighted by Gasteiger charge is -2.40. The summed E-state index contributed by atoms with van der Waals surface area (Å²) in [5.74, 6) is -0.697. The topological polar surface area (TPSA) is 87.0 Å². The second-order valence-electron chi connectivity index (χ2n) is 11.5. The van der Waals surface area contributed by atoms with Gasteiger partial charge < -0.3 is 4.90 Å². The Morgan fingerprint density at radius 2 is 1.51 bits per heavy atom. The summed E-state index contributed by atoms with van der Waals surface area (Å²) >= 11 is 6.17. The van der Waals surface area contributed by atoms with Gasteiger partial charge in [-0.15, -0.1) is 0 Å². The number of halogens is 1. The molecule has 0 bridgehead atoms. The Bertz CT molecular complexity index is 1460.